The number of hydrogen-bond donors (Lipinski definition) is 2. The Morgan fingerprint density at radius 3 is 2.73 bits per heavy atom. The van der Waals surface area contributed by atoms with Gasteiger partial charge in [0.15, 0.2) is 10.6 Å². The first-order valence-corrected chi connectivity index (χ1v) is 8.65. The van der Waals surface area contributed by atoms with Crippen molar-refractivity contribution >= 4 is 45.1 Å². The van der Waals surface area contributed by atoms with Crippen LogP contribution in [0.3, 0.4) is 0 Å². The van der Waals surface area contributed by atoms with E-state index in [-0.39, 0.29) is 23.2 Å². The van der Waals surface area contributed by atoms with Gasteiger partial charge in [-0.1, -0.05) is 0 Å². The molecule has 8 heteroatoms. The Balaban J connectivity index is 1.71. The highest BCUT2D eigenvalue weighted by molar-refractivity contribution is 7.16. The van der Waals surface area contributed by atoms with Crippen molar-refractivity contribution in [3.63, 3.8) is 0 Å². The van der Waals surface area contributed by atoms with Gasteiger partial charge in [-0.2, -0.15) is 4.98 Å². The maximum absolute atomic E-state index is 11.7. The monoisotopic (exact) mass is 338 g/mol. The van der Waals surface area contributed by atoms with Crippen LogP contribution in [0.15, 0.2) is 5.51 Å². The smallest absolute Gasteiger partial charge is 0.308 e. The highest BCUT2D eigenvalue weighted by Crippen LogP contribution is 2.46. The van der Waals surface area contributed by atoms with E-state index < -0.39 is 5.97 Å². The van der Waals surface area contributed by atoms with E-state index in [9.17, 15) is 9.90 Å². The zero-order valence-corrected chi connectivity index (χ0v) is 13.3. The molecule has 6 nitrogen and oxygen atoms in total. The van der Waals surface area contributed by atoms with Crippen LogP contribution in [-0.4, -0.2) is 32.1 Å². The van der Waals surface area contributed by atoms with Gasteiger partial charge in [0.05, 0.1) is 11.4 Å². The van der Waals surface area contributed by atoms with E-state index in [2.05, 4.69) is 20.3 Å². The van der Waals surface area contributed by atoms with Crippen LogP contribution in [0.4, 0.5) is 5.82 Å². The van der Waals surface area contributed by atoms with Gasteiger partial charge in [0.1, 0.15) is 5.52 Å². The van der Waals surface area contributed by atoms with Crippen LogP contribution in [0.5, 0.6) is 0 Å². The van der Waals surface area contributed by atoms with E-state index in [0.29, 0.717) is 17.3 Å². The van der Waals surface area contributed by atoms with Crippen molar-refractivity contribution in [1.82, 2.24) is 15.0 Å². The zero-order valence-electron chi connectivity index (χ0n) is 11.7. The first-order chi connectivity index (χ1) is 10.6. The third-order valence-electron chi connectivity index (χ3n) is 4.98. The molecule has 3 aliphatic rings. The molecule has 0 saturated heterocycles. The summed E-state index contributed by atoms with van der Waals surface area (Å²) in [6, 6.07) is -0.110. The number of carboxylic acids is 1. The number of fused-ring (bicyclic) bond motifs is 4. The predicted molar refractivity (Wildman–Crippen MR) is 84.2 cm³/mol. The van der Waals surface area contributed by atoms with Crippen LogP contribution in [-0.2, 0) is 4.79 Å². The van der Waals surface area contributed by atoms with Crippen LogP contribution < -0.4 is 5.32 Å². The molecular weight excluding hydrogens is 324 g/mol. The van der Waals surface area contributed by atoms with Gasteiger partial charge in [-0.3, -0.25) is 4.79 Å². The van der Waals surface area contributed by atoms with Crippen molar-refractivity contribution in [1.29, 1.82) is 0 Å². The molecule has 0 aromatic carbocycles. The van der Waals surface area contributed by atoms with Gasteiger partial charge in [0.25, 0.3) is 0 Å². The van der Waals surface area contributed by atoms with Gasteiger partial charge in [0.2, 0.25) is 5.28 Å². The Hall–Kier alpha value is -1.47. The van der Waals surface area contributed by atoms with Crippen molar-refractivity contribution in [2.24, 2.45) is 17.8 Å². The molecule has 22 heavy (non-hydrogen) atoms. The third kappa shape index (κ3) is 2.23. The predicted octanol–water partition coefficient (Wildman–Crippen LogP) is 3.04. The number of halogens is 1. The van der Waals surface area contributed by atoms with Gasteiger partial charge in [0, 0.05) is 6.04 Å². The molecule has 3 fully saturated rings. The summed E-state index contributed by atoms with van der Waals surface area (Å²) in [7, 11) is 0. The minimum atomic E-state index is -0.721. The average Bonchev–Trinajstić information content (AvgIpc) is 2.96. The molecule has 0 spiro atoms. The lowest BCUT2D eigenvalue weighted by atomic mass is 9.61. The van der Waals surface area contributed by atoms with Crippen LogP contribution in [0.25, 0.3) is 10.3 Å². The van der Waals surface area contributed by atoms with Crippen LogP contribution >= 0.6 is 22.9 Å². The molecule has 2 N–H and O–H groups in total. The first kappa shape index (κ1) is 14.1. The molecule has 0 radical (unpaired) electrons. The van der Waals surface area contributed by atoms with Crippen molar-refractivity contribution in [3.05, 3.63) is 10.8 Å². The Kier molecular flexibility index (Phi) is 3.41. The molecule has 2 aromatic rings. The second kappa shape index (κ2) is 5.31. The highest BCUT2D eigenvalue weighted by Gasteiger charge is 2.47. The van der Waals surface area contributed by atoms with Crippen molar-refractivity contribution in [3.8, 4) is 0 Å². The summed E-state index contributed by atoms with van der Waals surface area (Å²) in [6.07, 6.45) is 4.17. The molecule has 2 aromatic heterocycles. The van der Waals surface area contributed by atoms with Gasteiger partial charge >= 0.3 is 5.97 Å². The highest BCUT2D eigenvalue weighted by atomic mass is 35.5. The van der Waals surface area contributed by atoms with Gasteiger partial charge in [-0.15, -0.1) is 11.3 Å². The SMILES string of the molecule is O=C(O)C1C2CCC(CC2)C1Nc1nc(Cl)nc2scnc12. The number of carboxylic acid groups (broad SMARTS) is 1. The largest absolute Gasteiger partial charge is 0.481 e. The third-order valence-corrected chi connectivity index (χ3v) is 5.87. The number of hydrogen-bond acceptors (Lipinski definition) is 6. The Labute approximate surface area is 135 Å². The van der Waals surface area contributed by atoms with E-state index in [1.165, 1.54) is 11.3 Å². The molecule has 116 valence electrons. The summed E-state index contributed by atoms with van der Waals surface area (Å²) in [5.41, 5.74) is 2.36. The standard InChI is InChI=1S/C14H15ClN4O2S/c15-14-18-11(10-12(19-14)22-5-16-10)17-9-7-3-1-6(2-4-7)8(9)13(20)21/h5-9H,1-4H2,(H,20,21)(H,17,18,19). The van der Waals surface area contributed by atoms with E-state index in [1.54, 1.807) is 5.51 Å². The molecule has 2 heterocycles. The van der Waals surface area contributed by atoms with Crippen molar-refractivity contribution in [2.75, 3.05) is 5.32 Å². The Bertz CT molecular complexity index is 729. The molecule has 3 aliphatic carbocycles. The lowest BCUT2D eigenvalue weighted by molar-refractivity contribution is -0.148. The summed E-state index contributed by atoms with van der Waals surface area (Å²) in [5.74, 6) is 0.0910. The molecule has 0 amide bonds. The number of carbonyl (C=O) groups is 1. The lowest BCUT2D eigenvalue weighted by Gasteiger charge is -2.47. The second-order valence-corrected chi connectivity index (χ2v) is 7.23. The topological polar surface area (TPSA) is 88.0 Å². The minimum Gasteiger partial charge on any atom is -0.481 e. The number of nitrogens with one attached hydrogen (secondary N) is 1. The van der Waals surface area contributed by atoms with E-state index in [1.807, 2.05) is 0 Å². The van der Waals surface area contributed by atoms with Crippen LogP contribution in [0.2, 0.25) is 5.28 Å². The fourth-order valence-electron chi connectivity index (χ4n) is 4.01. The van der Waals surface area contributed by atoms with Gasteiger partial charge < -0.3 is 10.4 Å². The summed E-state index contributed by atoms with van der Waals surface area (Å²) in [5, 5.41) is 13.1. The maximum atomic E-state index is 11.7. The fraction of sp³-hybridized carbons (Fsp3) is 0.571. The van der Waals surface area contributed by atoms with Crippen molar-refractivity contribution < 1.29 is 9.90 Å². The number of thiazole rings is 1. The number of aromatic nitrogens is 3. The minimum absolute atomic E-state index is 0.110. The molecule has 2 atom stereocenters. The van der Waals surface area contributed by atoms with Gasteiger partial charge in [-0.25, -0.2) is 9.97 Å². The molecule has 2 unspecified atom stereocenters. The fourth-order valence-corrected chi connectivity index (χ4v) is 4.88. The lowest BCUT2D eigenvalue weighted by Crippen LogP contribution is -2.51. The molecule has 0 aliphatic heterocycles. The summed E-state index contributed by atoms with van der Waals surface area (Å²) in [6.45, 7) is 0. The normalized spacial score (nSPS) is 30.6. The molecule has 3 saturated carbocycles. The molecular formula is C14H15ClN4O2S. The summed E-state index contributed by atoms with van der Waals surface area (Å²) < 4.78 is 0. The molecule has 5 rings (SSSR count). The maximum Gasteiger partial charge on any atom is 0.308 e. The Morgan fingerprint density at radius 2 is 2.00 bits per heavy atom. The van der Waals surface area contributed by atoms with Crippen LogP contribution in [0, 0.1) is 17.8 Å². The quantitative estimate of drug-likeness (QED) is 0.836. The van der Waals surface area contributed by atoms with Crippen molar-refractivity contribution in [2.45, 2.75) is 31.7 Å². The Morgan fingerprint density at radius 1 is 1.27 bits per heavy atom. The second-order valence-electron chi connectivity index (χ2n) is 6.06. The van der Waals surface area contributed by atoms with Crippen LogP contribution in [0.1, 0.15) is 25.7 Å². The molecule has 2 bridgehead atoms. The summed E-state index contributed by atoms with van der Waals surface area (Å²) in [4.78, 5) is 25.1. The average molecular weight is 339 g/mol. The first-order valence-electron chi connectivity index (χ1n) is 7.39. The van der Waals surface area contributed by atoms with E-state index >= 15 is 0 Å². The summed E-state index contributed by atoms with van der Waals surface area (Å²) >= 11 is 7.37. The number of nitrogens with zero attached hydrogens (tertiary/aromatic N) is 3. The number of rotatable bonds is 3. The number of anilines is 1. The van der Waals surface area contributed by atoms with E-state index in [0.717, 1.165) is 30.5 Å². The number of aliphatic carboxylic acids is 1. The van der Waals surface area contributed by atoms with Gasteiger partial charge in [-0.05, 0) is 49.1 Å². The zero-order chi connectivity index (χ0) is 15.3. The van der Waals surface area contributed by atoms with E-state index in [4.69, 9.17) is 11.6 Å².